The fraction of sp³-hybridized carbons (Fsp3) is 0.733. The Balaban J connectivity index is 1.93. The number of hydrogen-bond donors (Lipinski definition) is 2. The van der Waals surface area contributed by atoms with E-state index in [1.54, 1.807) is 0 Å². The average Bonchev–Trinajstić information content (AvgIpc) is 3.12. The van der Waals surface area contributed by atoms with E-state index in [2.05, 4.69) is 37.7 Å². The lowest BCUT2D eigenvalue weighted by atomic mass is 9.84. The van der Waals surface area contributed by atoms with Gasteiger partial charge in [-0.15, -0.1) is 11.3 Å². The number of likely N-dealkylation sites (tertiary alicyclic amines) is 1. The Labute approximate surface area is 134 Å². The van der Waals surface area contributed by atoms with Gasteiger partial charge in [0.15, 0.2) is 0 Å². The first-order chi connectivity index (χ1) is 9.78. The number of rotatable bonds is 4. The smallest absolute Gasteiger partial charge is 0.0748 e. The van der Waals surface area contributed by atoms with Gasteiger partial charge in [0.25, 0.3) is 0 Å². The predicted molar refractivity (Wildman–Crippen MR) is 88.7 cm³/mol. The molecule has 1 saturated heterocycles. The highest BCUT2D eigenvalue weighted by Crippen LogP contribution is 2.47. The Morgan fingerprint density at radius 1 is 1.20 bits per heavy atom. The second-order valence-electron chi connectivity index (χ2n) is 6.09. The molecule has 0 spiro atoms. The summed E-state index contributed by atoms with van der Waals surface area (Å²) in [6.07, 6.45) is 9.26. The highest BCUT2D eigenvalue weighted by atomic mass is 79.9. The summed E-state index contributed by atoms with van der Waals surface area (Å²) in [5.74, 6) is 6.01. The number of hydrazine groups is 1. The van der Waals surface area contributed by atoms with E-state index >= 15 is 0 Å². The molecule has 0 bridgehead atoms. The normalized spacial score (nSPS) is 24.9. The Kier molecular flexibility index (Phi) is 4.82. The maximum atomic E-state index is 6.01. The van der Waals surface area contributed by atoms with Crippen molar-refractivity contribution in [3.8, 4) is 0 Å². The van der Waals surface area contributed by atoms with Crippen molar-refractivity contribution in [3.63, 3.8) is 0 Å². The highest BCUT2D eigenvalue weighted by molar-refractivity contribution is 9.10. The van der Waals surface area contributed by atoms with Gasteiger partial charge in [0, 0.05) is 14.9 Å². The first-order valence-electron chi connectivity index (χ1n) is 7.72. The molecule has 0 radical (unpaired) electrons. The Bertz CT molecular complexity index is 436. The number of nitrogens with two attached hydrogens (primary N) is 1. The van der Waals surface area contributed by atoms with Crippen LogP contribution in [0.5, 0.6) is 0 Å². The molecule has 1 aromatic heterocycles. The zero-order chi connectivity index (χ0) is 14.0. The van der Waals surface area contributed by atoms with Gasteiger partial charge in [-0.1, -0.05) is 19.3 Å². The molecule has 1 unspecified atom stereocenters. The van der Waals surface area contributed by atoms with E-state index in [0.29, 0.717) is 0 Å². The van der Waals surface area contributed by atoms with Gasteiger partial charge in [0.1, 0.15) is 0 Å². The summed E-state index contributed by atoms with van der Waals surface area (Å²) < 4.78 is 1.20. The predicted octanol–water partition coefficient (Wildman–Crippen LogP) is 3.81. The van der Waals surface area contributed by atoms with E-state index in [1.807, 2.05) is 11.3 Å². The van der Waals surface area contributed by atoms with Crippen LogP contribution in [0.2, 0.25) is 0 Å². The third kappa shape index (κ3) is 2.59. The lowest BCUT2D eigenvalue weighted by Crippen LogP contribution is -2.57. The zero-order valence-corrected chi connectivity index (χ0v) is 14.3. The second-order valence-corrected chi connectivity index (χ2v) is 7.89. The van der Waals surface area contributed by atoms with Crippen molar-refractivity contribution in [3.05, 3.63) is 20.8 Å². The molecule has 5 heteroatoms. The van der Waals surface area contributed by atoms with Gasteiger partial charge >= 0.3 is 0 Å². The number of hydrogen-bond acceptors (Lipinski definition) is 4. The monoisotopic (exact) mass is 357 g/mol. The highest BCUT2D eigenvalue weighted by Gasteiger charge is 2.47. The van der Waals surface area contributed by atoms with Gasteiger partial charge in [-0.3, -0.25) is 16.2 Å². The second kappa shape index (κ2) is 6.44. The van der Waals surface area contributed by atoms with Crippen molar-refractivity contribution in [2.45, 2.75) is 56.5 Å². The molecule has 2 fully saturated rings. The minimum Gasteiger partial charge on any atom is -0.296 e. The molecule has 0 aromatic carbocycles. The van der Waals surface area contributed by atoms with Crippen molar-refractivity contribution in [2.75, 3.05) is 13.1 Å². The van der Waals surface area contributed by atoms with Crippen LogP contribution in [0.4, 0.5) is 0 Å². The Hall–Kier alpha value is 0.0600. The number of nitrogens with zero attached hydrogens (tertiary/aromatic N) is 1. The maximum Gasteiger partial charge on any atom is 0.0748 e. The molecule has 112 valence electrons. The molecule has 1 aliphatic carbocycles. The lowest BCUT2D eigenvalue weighted by molar-refractivity contribution is 0.0369. The summed E-state index contributed by atoms with van der Waals surface area (Å²) in [6, 6.07) is 2.39. The molecule has 2 heterocycles. The average molecular weight is 358 g/mol. The molecule has 1 saturated carbocycles. The SMILES string of the molecule is NNC(c1sccc1Br)C1(N2CCCCC2)CCCC1. The van der Waals surface area contributed by atoms with Crippen molar-refractivity contribution in [1.82, 2.24) is 10.3 Å². The standard InChI is InChI=1S/C15H24BrN3S/c16-12-6-11-20-13(12)14(18-17)15(7-2-3-8-15)19-9-4-1-5-10-19/h6,11,14,18H,1-5,7-10,17H2. The summed E-state index contributed by atoms with van der Waals surface area (Å²) >= 11 is 5.51. The van der Waals surface area contributed by atoms with E-state index in [0.717, 1.165) is 0 Å². The first-order valence-corrected chi connectivity index (χ1v) is 9.39. The van der Waals surface area contributed by atoms with Gasteiger partial charge in [-0.25, -0.2) is 0 Å². The van der Waals surface area contributed by atoms with Crippen LogP contribution in [0, 0.1) is 0 Å². The van der Waals surface area contributed by atoms with Crippen molar-refractivity contribution >= 4 is 27.3 Å². The summed E-state index contributed by atoms with van der Waals surface area (Å²) in [6.45, 7) is 2.47. The van der Waals surface area contributed by atoms with Gasteiger partial charge in [-0.2, -0.15) is 0 Å². The van der Waals surface area contributed by atoms with Crippen LogP contribution in [0.25, 0.3) is 0 Å². The molecule has 3 N–H and O–H groups in total. The summed E-state index contributed by atoms with van der Waals surface area (Å²) in [5.41, 5.74) is 3.39. The van der Waals surface area contributed by atoms with Crippen LogP contribution in [-0.4, -0.2) is 23.5 Å². The number of thiophene rings is 1. The summed E-state index contributed by atoms with van der Waals surface area (Å²) in [7, 11) is 0. The van der Waals surface area contributed by atoms with Crippen LogP contribution in [0.3, 0.4) is 0 Å². The molecule has 1 aliphatic heterocycles. The fourth-order valence-corrected chi connectivity index (χ4v) is 5.87. The third-order valence-corrected chi connectivity index (χ3v) is 7.00. The molecule has 1 atom stereocenters. The quantitative estimate of drug-likeness (QED) is 0.635. The minimum absolute atomic E-state index is 0.225. The number of piperidine rings is 1. The van der Waals surface area contributed by atoms with Crippen LogP contribution in [0.15, 0.2) is 15.9 Å². The van der Waals surface area contributed by atoms with Crippen LogP contribution < -0.4 is 11.3 Å². The van der Waals surface area contributed by atoms with E-state index in [9.17, 15) is 0 Å². The van der Waals surface area contributed by atoms with Crippen molar-refractivity contribution in [2.24, 2.45) is 5.84 Å². The van der Waals surface area contributed by atoms with Crippen molar-refractivity contribution < 1.29 is 0 Å². The number of nitrogens with one attached hydrogen (secondary N) is 1. The van der Waals surface area contributed by atoms with Gasteiger partial charge < -0.3 is 0 Å². The molecule has 0 amide bonds. The maximum absolute atomic E-state index is 6.01. The van der Waals surface area contributed by atoms with Crippen LogP contribution >= 0.6 is 27.3 Å². The van der Waals surface area contributed by atoms with E-state index in [-0.39, 0.29) is 11.6 Å². The van der Waals surface area contributed by atoms with Crippen molar-refractivity contribution in [1.29, 1.82) is 0 Å². The first kappa shape index (κ1) is 15.0. The molecule has 20 heavy (non-hydrogen) atoms. The Morgan fingerprint density at radius 3 is 2.45 bits per heavy atom. The minimum atomic E-state index is 0.225. The van der Waals surface area contributed by atoms with Crippen LogP contribution in [0.1, 0.15) is 55.9 Å². The molecular formula is C15H24BrN3S. The van der Waals surface area contributed by atoms with Gasteiger partial charge in [0.2, 0.25) is 0 Å². The van der Waals surface area contributed by atoms with Crippen LogP contribution in [-0.2, 0) is 0 Å². The third-order valence-electron chi connectivity index (χ3n) is 5.07. The van der Waals surface area contributed by atoms with E-state index in [4.69, 9.17) is 5.84 Å². The molecular weight excluding hydrogens is 334 g/mol. The largest absolute Gasteiger partial charge is 0.296 e. The Morgan fingerprint density at radius 2 is 1.90 bits per heavy atom. The molecule has 1 aromatic rings. The van der Waals surface area contributed by atoms with E-state index in [1.165, 1.54) is 67.4 Å². The molecule has 3 rings (SSSR count). The number of halogens is 1. The zero-order valence-electron chi connectivity index (χ0n) is 11.9. The lowest BCUT2D eigenvalue weighted by Gasteiger charge is -2.48. The summed E-state index contributed by atoms with van der Waals surface area (Å²) in [5, 5.41) is 2.16. The molecule has 2 aliphatic rings. The summed E-state index contributed by atoms with van der Waals surface area (Å²) in [4.78, 5) is 4.10. The van der Waals surface area contributed by atoms with Gasteiger partial charge in [-0.05, 0) is 66.1 Å². The fourth-order valence-electron chi connectivity index (χ4n) is 4.10. The van der Waals surface area contributed by atoms with E-state index < -0.39 is 0 Å². The topological polar surface area (TPSA) is 41.3 Å². The van der Waals surface area contributed by atoms with Gasteiger partial charge in [0.05, 0.1) is 6.04 Å². The molecule has 3 nitrogen and oxygen atoms in total.